The Morgan fingerprint density at radius 3 is 2.90 bits per heavy atom. The van der Waals surface area contributed by atoms with Gasteiger partial charge in [0.05, 0.1) is 13.2 Å². The van der Waals surface area contributed by atoms with E-state index in [0.717, 1.165) is 44.3 Å². The van der Waals surface area contributed by atoms with Gasteiger partial charge < -0.3 is 9.72 Å². The lowest BCUT2D eigenvalue weighted by Crippen LogP contribution is -2.36. The van der Waals surface area contributed by atoms with Crippen molar-refractivity contribution in [1.82, 2.24) is 9.88 Å². The van der Waals surface area contributed by atoms with Gasteiger partial charge in [0, 0.05) is 34.7 Å². The van der Waals surface area contributed by atoms with Crippen LogP contribution in [0.5, 0.6) is 0 Å². The minimum atomic E-state index is 0.811. The number of ether oxygens (including phenoxy) is 1. The maximum atomic E-state index is 6.12. The van der Waals surface area contributed by atoms with E-state index in [0.29, 0.717) is 0 Å². The summed E-state index contributed by atoms with van der Waals surface area (Å²) >= 11 is 6.12. The van der Waals surface area contributed by atoms with Crippen LogP contribution in [-0.4, -0.2) is 42.7 Å². The molecule has 0 atom stereocenters. The number of H-pyrrole nitrogens is 1. The van der Waals surface area contributed by atoms with Gasteiger partial charge in [-0.15, -0.1) is 0 Å². The maximum Gasteiger partial charge on any atom is 0.0594 e. The predicted molar refractivity (Wildman–Crippen MR) is 83.6 cm³/mol. The lowest BCUT2D eigenvalue weighted by molar-refractivity contribution is 0.0375. The summed E-state index contributed by atoms with van der Waals surface area (Å²) < 4.78 is 5.38. The van der Waals surface area contributed by atoms with E-state index < -0.39 is 0 Å². The Balaban J connectivity index is 1.67. The van der Waals surface area contributed by atoms with E-state index in [9.17, 15) is 0 Å². The smallest absolute Gasteiger partial charge is 0.0594 e. The van der Waals surface area contributed by atoms with E-state index in [4.69, 9.17) is 16.3 Å². The third-order valence-corrected chi connectivity index (χ3v) is 4.32. The summed E-state index contributed by atoms with van der Waals surface area (Å²) in [6.45, 7) is 7.19. The topological polar surface area (TPSA) is 28.3 Å². The van der Waals surface area contributed by atoms with Crippen LogP contribution < -0.4 is 0 Å². The molecule has 108 valence electrons. The summed E-state index contributed by atoms with van der Waals surface area (Å²) in [4.78, 5) is 5.94. The molecule has 3 rings (SSSR count). The molecule has 1 aromatic carbocycles. The van der Waals surface area contributed by atoms with Crippen molar-refractivity contribution >= 4 is 22.5 Å². The quantitative estimate of drug-likeness (QED) is 0.935. The Kier molecular flexibility index (Phi) is 4.29. The van der Waals surface area contributed by atoms with E-state index in [1.54, 1.807) is 0 Å². The Morgan fingerprint density at radius 1 is 1.30 bits per heavy atom. The summed E-state index contributed by atoms with van der Waals surface area (Å²) in [5.74, 6) is 0. The van der Waals surface area contributed by atoms with Crippen LogP contribution in [-0.2, 0) is 11.2 Å². The highest BCUT2D eigenvalue weighted by Crippen LogP contribution is 2.26. The first-order chi connectivity index (χ1) is 9.74. The number of hydrogen-bond donors (Lipinski definition) is 1. The van der Waals surface area contributed by atoms with Crippen molar-refractivity contribution in [3.63, 3.8) is 0 Å². The number of fused-ring (bicyclic) bond motifs is 1. The zero-order valence-electron chi connectivity index (χ0n) is 11.9. The van der Waals surface area contributed by atoms with Crippen molar-refractivity contribution < 1.29 is 4.74 Å². The number of hydrogen-bond acceptors (Lipinski definition) is 2. The minimum absolute atomic E-state index is 0.811. The lowest BCUT2D eigenvalue weighted by Gasteiger charge is -2.26. The Labute approximate surface area is 124 Å². The van der Waals surface area contributed by atoms with Crippen LogP contribution in [0.4, 0.5) is 0 Å². The number of nitrogens with zero attached hydrogens (tertiary/aromatic N) is 1. The van der Waals surface area contributed by atoms with Gasteiger partial charge in [-0.3, -0.25) is 4.90 Å². The summed E-state index contributed by atoms with van der Waals surface area (Å²) in [5.41, 5.74) is 3.87. The van der Waals surface area contributed by atoms with Crippen LogP contribution >= 0.6 is 11.6 Å². The number of aromatic nitrogens is 1. The summed E-state index contributed by atoms with van der Waals surface area (Å²) in [7, 11) is 0. The largest absolute Gasteiger partial charge is 0.379 e. The average Bonchev–Trinajstić information content (AvgIpc) is 2.76. The molecule has 20 heavy (non-hydrogen) atoms. The first kappa shape index (κ1) is 13.9. The van der Waals surface area contributed by atoms with Crippen LogP contribution in [0.2, 0.25) is 5.02 Å². The summed E-state index contributed by atoms with van der Waals surface area (Å²) in [6.07, 6.45) is 2.28. The first-order valence-electron chi connectivity index (χ1n) is 7.31. The van der Waals surface area contributed by atoms with Crippen LogP contribution in [0.1, 0.15) is 17.7 Å². The van der Waals surface area contributed by atoms with Crippen molar-refractivity contribution in [2.24, 2.45) is 0 Å². The molecule has 0 unspecified atom stereocenters. The van der Waals surface area contributed by atoms with Gasteiger partial charge in [0.1, 0.15) is 0 Å². The Hall–Kier alpha value is -1.03. The molecular weight excluding hydrogens is 272 g/mol. The highest BCUT2D eigenvalue weighted by molar-refractivity contribution is 6.31. The fraction of sp³-hybridized carbons (Fsp3) is 0.500. The first-order valence-corrected chi connectivity index (χ1v) is 7.68. The van der Waals surface area contributed by atoms with Crippen molar-refractivity contribution in [1.29, 1.82) is 0 Å². The molecule has 2 aromatic rings. The monoisotopic (exact) mass is 292 g/mol. The number of nitrogens with one attached hydrogen (secondary N) is 1. The molecule has 0 amide bonds. The van der Waals surface area contributed by atoms with Gasteiger partial charge in [0.25, 0.3) is 0 Å². The number of halogens is 1. The van der Waals surface area contributed by atoms with Crippen molar-refractivity contribution in [3.8, 4) is 0 Å². The standard InChI is InChI=1S/C16H21ClN2O/c1-12-14(3-2-6-19-7-9-20-10-8-19)15-11-13(17)4-5-16(15)18-12/h4-5,11,18H,2-3,6-10H2,1H3. The van der Waals surface area contributed by atoms with Gasteiger partial charge in [0.15, 0.2) is 0 Å². The molecule has 1 fully saturated rings. The van der Waals surface area contributed by atoms with E-state index in [1.165, 1.54) is 28.6 Å². The second kappa shape index (κ2) is 6.17. The molecular formula is C16H21ClN2O. The van der Waals surface area contributed by atoms with Crippen molar-refractivity contribution in [3.05, 3.63) is 34.5 Å². The molecule has 0 bridgehead atoms. The highest BCUT2D eigenvalue weighted by atomic mass is 35.5. The Morgan fingerprint density at radius 2 is 2.10 bits per heavy atom. The lowest BCUT2D eigenvalue weighted by atomic mass is 10.1. The molecule has 0 spiro atoms. The van der Waals surface area contributed by atoms with Gasteiger partial charge in [-0.1, -0.05) is 11.6 Å². The third-order valence-electron chi connectivity index (χ3n) is 4.09. The zero-order valence-corrected chi connectivity index (χ0v) is 12.7. The fourth-order valence-corrected chi connectivity index (χ4v) is 3.15. The number of benzene rings is 1. The van der Waals surface area contributed by atoms with E-state index in [1.807, 2.05) is 6.07 Å². The van der Waals surface area contributed by atoms with Gasteiger partial charge in [-0.2, -0.15) is 0 Å². The fourth-order valence-electron chi connectivity index (χ4n) is 2.98. The van der Waals surface area contributed by atoms with E-state index >= 15 is 0 Å². The number of rotatable bonds is 4. The highest BCUT2D eigenvalue weighted by Gasteiger charge is 2.12. The molecule has 2 heterocycles. The molecule has 0 saturated carbocycles. The summed E-state index contributed by atoms with van der Waals surface area (Å²) in [6, 6.07) is 6.08. The molecule has 1 N–H and O–H groups in total. The zero-order chi connectivity index (χ0) is 13.9. The molecule has 1 aromatic heterocycles. The van der Waals surface area contributed by atoms with Crippen LogP contribution in [0.15, 0.2) is 18.2 Å². The molecule has 0 radical (unpaired) electrons. The third kappa shape index (κ3) is 3.00. The van der Waals surface area contributed by atoms with Crippen LogP contribution in [0, 0.1) is 6.92 Å². The average molecular weight is 293 g/mol. The van der Waals surface area contributed by atoms with Gasteiger partial charge in [-0.25, -0.2) is 0 Å². The van der Waals surface area contributed by atoms with Crippen molar-refractivity contribution in [2.75, 3.05) is 32.8 Å². The Bertz CT molecular complexity index is 587. The van der Waals surface area contributed by atoms with Crippen LogP contribution in [0.25, 0.3) is 10.9 Å². The van der Waals surface area contributed by atoms with Gasteiger partial charge in [0.2, 0.25) is 0 Å². The minimum Gasteiger partial charge on any atom is -0.379 e. The number of morpholine rings is 1. The molecule has 4 heteroatoms. The maximum absolute atomic E-state index is 6.12. The van der Waals surface area contributed by atoms with E-state index in [-0.39, 0.29) is 0 Å². The number of aromatic amines is 1. The SMILES string of the molecule is Cc1[nH]c2ccc(Cl)cc2c1CCCN1CCOCC1. The molecule has 1 saturated heterocycles. The molecule has 1 aliphatic heterocycles. The van der Waals surface area contributed by atoms with E-state index in [2.05, 4.69) is 28.9 Å². The second-order valence-corrected chi connectivity index (χ2v) is 5.91. The second-order valence-electron chi connectivity index (χ2n) is 5.48. The molecule has 3 nitrogen and oxygen atoms in total. The molecule has 0 aliphatic carbocycles. The predicted octanol–water partition coefficient (Wildman–Crippen LogP) is 3.39. The number of aryl methyl sites for hydroxylation is 2. The van der Waals surface area contributed by atoms with Crippen LogP contribution in [0.3, 0.4) is 0 Å². The van der Waals surface area contributed by atoms with Gasteiger partial charge >= 0.3 is 0 Å². The van der Waals surface area contributed by atoms with Gasteiger partial charge in [-0.05, 0) is 50.1 Å². The molecule has 1 aliphatic rings. The normalized spacial score (nSPS) is 16.9. The van der Waals surface area contributed by atoms with Crippen molar-refractivity contribution in [2.45, 2.75) is 19.8 Å². The summed E-state index contributed by atoms with van der Waals surface area (Å²) in [5, 5.41) is 2.09.